The number of benzene rings is 1. The number of nitrogens with zero attached hydrogens (tertiary/aromatic N) is 1. The predicted octanol–water partition coefficient (Wildman–Crippen LogP) is 3.38. The first-order valence-corrected chi connectivity index (χ1v) is 5.16. The van der Waals surface area contributed by atoms with Crippen LogP contribution in [0, 0.1) is 0 Å². The van der Waals surface area contributed by atoms with Gasteiger partial charge in [-0.3, -0.25) is 0 Å². The van der Waals surface area contributed by atoms with Gasteiger partial charge in [-0.1, -0.05) is 11.6 Å². The van der Waals surface area contributed by atoms with Crippen LogP contribution in [0.15, 0.2) is 18.5 Å². The largest absolute Gasteiger partial charge is 0.345 e. The highest BCUT2D eigenvalue weighted by Crippen LogP contribution is 2.32. The number of hydrogen-bond acceptors (Lipinski definition) is 2. The van der Waals surface area contributed by atoms with Crippen molar-refractivity contribution < 1.29 is 0 Å². The zero-order valence-corrected chi connectivity index (χ0v) is 9.65. The molecule has 0 saturated carbocycles. The lowest BCUT2D eigenvalue weighted by molar-refractivity contribution is 0.792. The van der Waals surface area contributed by atoms with Crippen molar-refractivity contribution in [3.05, 3.63) is 29.0 Å². The van der Waals surface area contributed by atoms with Crippen molar-refractivity contribution in [1.29, 1.82) is 0 Å². The molecule has 14 heavy (non-hydrogen) atoms. The average molecular weight is 227 g/mol. The summed E-state index contributed by atoms with van der Waals surface area (Å²) in [6.45, 7) is 4.06. The molecule has 74 valence electrons. The molecule has 0 amide bonds. The first-order chi connectivity index (χ1) is 6.48. The third-order valence-electron chi connectivity index (χ3n) is 2.18. The smallest absolute Gasteiger partial charge is 0.107 e. The summed E-state index contributed by atoms with van der Waals surface area (Å²) in [6, 6.07) is 3.94. The van der Waals surface area contributed by atoms with E-state index in [1.807, 2.05) is 26.0 Å². The van der Waals surface area contributed by atoms with Crippen LogP contribution < -0.4 is 0 Å². The van der Waals surface area contributed by atoms with Gasteiger partial charge in [-0.25, -0.2) is 4.98 Å². The van der Waals surface area contributed by atoms with Crippen LogP contribution in [0.3, 0.4) is 0 Å². The van der Waals surface area contributed by atoms with Gasteiger partial charge in [-0.2, -0.15) is 12.6 Å². The monoisotopic (exact) mass is 226 g/mol. The third-order valence-corrected chi connectivity index (χ3v) is 2.73. The van der Waals surface area contributed by atoms with Gasteiger partial charge >= 0.3 is 0 Å². The Bertz CT molecular complexity index is 470. The molecule has 2 nitrogen and oxygen atoms in total. The van der Waals surface area contributed by atoms with Gasteiger partial charge in [-0.05, 0) is 31.5 Å². The van der Waals surface area contributed by atoms with Gasteiger partial charge in [-0.15, -0.1) is 0 Å². The number of thiol groups is 1. The average Bonchev–Trinajstić information content (AvgIpc) is 2.50. The van der Waals surface area contributed by atoms with Crippen LogP contribution in [0.1, 0.15) is 19.4 Å². The first-order valence-electron chi connectivity index (χ1n) is 4.34. The molecule has 0 aliphatic heterocycles. The Labute approximate surface area is 93.1 Å². The Morgan fingerprint density at radius 3 is 2.79 bits per heavy atom. The maximum Gasteiger partial charge on any atom is 0.107 e. The molecule has 2 aromatic rings. The topological polar surface area (TPSA) is 28.7 Å². The Balaban J connectivity index is 2.70. The van der Waals surface area contributed by atoms with E-state index in [4.69, 9.17) is 11.6 Å². The van der Waals surface area contributed by atoms with E-state index in [1.165, 1.54) is 0 Å². The molecule has 0 fully saturated rings. The number of fused-ring (bicyclic) bond motifs is 1. The van der Waals surface area contributed by atoms with E-state index < -0.39 is 0 Å². The van der Waals surface area contributed by atoms with Gasteiger partial charge in [0.1, 0.15) is 5.52 Å². The van der Waals surface area contributed by atoms with E-state index in [9.17, 15) is 0 Å². The van der Waals surface area contributed by atoms with Gasteiger partial charge in [0, 0.05) is 4.75 Å². The molecule has 0 radical (unpaired) electrons. The van der Waals surface area contributed by atoms with Gasteiger partial charge in [0.05, 0.1) is 16.9 Å². The van der Waals surface area contributed by atoms with Crippen molar-refractivity contribution in [2.24, 2.45) is 0 Å². The van der Waals surface area contributed by atoms with E-state index in [0.717, 1.165) is 16.6 Å². The summed E-state index contributed by atoms with van der Waals surface area (Å²) in [5.74, 6) is 0. The van der Waals surface area contributed by atoms with E-state index in [0.29, 0.717) is 5.02 Å². The van der Waals surface area contributed by atoms with E-state index in [-0.39, 0.29) is 4.75 Å². The summed E-state index contributed by atoms with van der Waals surface area (Å²) >= 11 is 10.6. The lowest BCUT2D eigenvalue weighted by atomic mass is 10.0. The van der Waals surface area contributed by atoms with Gasteiger partial charge in [0.15, 0.2) is 0 Å². The fourth-order valence-corrected chi connectivity index (χ4v) is 1.76. The van der Waals surface area contributed by atoms with Crippen LogP contribution in [0.5, 0.6) is 0 Å². The molecule has 0 atom stereocenters. The van der Waals surface area contributed by atoms with Crippen molar-refractivity contribution in [2.75, 3.05) is 0 Å². The van der Waals surface area contributed by atoms with E-state index >= 15 is 0 Å². The summed E-state index contributed by atoms with van der Waals surface area (Å²) in [7, 11) is 0. The van der Waals surface area contributed by atoms with Crippen molar-refractivity contribution >= 4 is 35.3 Å². The van der Waals surface area contributed by atoms with Crippen LogP contribution in [0.4, 0.5) is 0 Å². The molecule has 0 saturated heterocycles. The normalized spacial score (nSPS) is 12.3. The second-order valence-corrected chi connectivity index (χ2v) is 5.34. The first kappa shape index (κ1) is 9.87. The molecule has 1 N–H and O–H groups in total. The number of aromatic nitrogens is 2. The number of H-pyrrole nitrogens is 1. The molecule has 2 rings (SSSR count). The Morgan fingerprint density at radius 1 is 1.43 bits per heavy atom. The minimum atomic E-state index is -0.192. The molecule has 4 heteroatoms. The summed E-state index contributed by atoms with van der Waals surface area (Å²) in [5, 5.41) is 0.667. The van der Waals surface area contributed by atoms with Crippen molar-refractivity contribution in [3.63, 3.8) is 0 Å². The zero-order valence-electron chi connectivity index (χ0n) is 8.00. The fraction of sp³-hybridized carbons (Fsp3) is 0.300. The summed E-state index contributed by atoms with van der Waals surface area (Å²) < 4.78 is -0.192. The molecular formula is C10H11ClN2S. The Hall–Kier alpha value is -0.670. The van der Waals surface area contributed by atoms with Gasteiger partial charge in [0.25, 0.3) is 0 Å². The number of rotatable bonds is 1. The van der Waals surface area contributed by atoms with Crippen LogP contribution >= 0.6 is 24.2 Å². The maximum absolute atomic E-state index is 6.09. The molecule has 1 aromatic heterocycles. The number of imidazole rings is 1. The second-order valence-electron chi connectivity index (χ2n) is 3.82. The number of aromatic amines is 1. The molecule has 0 unspecified atom stereocenters. The molecular weight excluding hydrogens is 216 g/mol. The fourth-order valence-electron chi connectivity index (χ4n) is 1.36. The SMILES string of the molecule is CC(C)(S)c1cc(Cl)c2nc[nH]c2c1. The molecule has 0 bridgehead atoms. The van der Waals surface area contributed by atoms with Crippen LogP contribution in [-0.2, 0) is 4.75 Å². The molecule has 1 heterocycles. The lowest BCUT2D eigenvalue weighted by Crippen LogP contribution is -2.07. The highest BCUT2D eigenvalue weighted by molar-refractivity contribution is 7.81. The number of nitrogens with one attached hydrogen (secondary N) is 1. The van der Waals surface area contributed by atoms with Crippen molar-refractivity contribution in [3.8, 4) is 0 Å². The van der Waals surface area contributed by atoms with Crippen molar-refractivity contribution in [1.82, 2.24) is 9.97 Å². The highest BCUT2D eigenvalue weighted by atomic mass is 35.5. The summed E-state index contributed by atoms with van der Waals surface area (Å²) in [4.78, 5) is 7.17. The standard InChI is InChI=1S/C10H11ClN2S/c1-10(2,14)6-3-7(11)9-8(4-6)12-5-13-9/h3-5,14H,1-2H3,(H,12,13). The molecule has 0 spiro atoms. The van der Waals surface area contributed by atoms with Gasteiger partial charge < -0.3 is 4.98 Å². The van der Waals surface area contributed by atoms with Crippen LogP contribution in [0.2, 0.25) is 5.02 Å². The Kier molecular flexibility index (Phi) is 2.24. The van der Waals surface area contributed by atoms with E-state index in [2.05, 4.69) is 22.6 Å². The Morgan fingerprint density at radius 2 is 2.14 bits per heavy atom. The lowest BCUT2D eigenvalue weighted by Gasteiger charge is -2.18. The quantitative estimate of drug-likeness (QED) is 0.718. The molecule has 1 aromatic carbocycles. The zero-order chi connectivity index (χ0) is 10.3. The van der Waals surface area contributed by atoms with E-state index in [1.54, 1.807) is 6.33 Å². The maximum atomic E-state index is 6.09. The number of halogens is 1. The number of hydrogen-bond donors (Lipinski definition) is 2. The third kappa shape index (κ3) is 1.62. The minimum absolute atomic E-state index is 0.192. The highest BCUT2D eigenvalue weighted by Gasteiger charge is 2.17. The minimum Gasteiger partial charge on any atom is -0.345 e. The second kappa shape index (κ2) is 3.17. The summed E-state index contributed by atoms with van der Waals surface area (Å²) in [5.41, 5.74) is 2.85. The van der Waals surface area contributed by atoms with Crippen LogP contribution in [-0.4, -0.2) is 9.97 Å². The molecule has 0 aliphatic carbocycles. The van der Waals surface area contributed by atoms with Gasteiger partial charge in [0.2, 0.25) is 0 Å². The summed E-state index contributed by atoms with van der Waals surface area (Å²) in [6.07, 6.45) is 1.64. The molecule has 0 aliphatic rings. The van der Waals surface area contributed by atoms with Crippen molar-refractivity contribution in [2.45, 2.75) is 18.6 Å². The van der Waals surface area contributed by atoms with Crippen LogP contribution in [0.25, 0.3) is 11.0 Å². The predicted molar refractivity (Wildman–Crippen MR) is 63.1 cm³/mol.